The predicted octanol–water partition coefficient (Wildman–Crippen LogP) is 1.96. The number of rotatable bonds is 7. The standard InChI is InChI=1S/C18H18F2N6O3/c1-28-15-6-3-11(7-16(15)29-2)9-21-18(27)22-10-17-23-24-25-26(17)12-4-5-13(19)14(20)8-12/h3-8H,9-10H2,1-2H3,(H2,21,22,27). The Balaban J connectivity index is 1.58. The van der Waals surface area contributed by atoms with Crippen LogP contribution < -0.4 is 20.1 Å². The first-order valence-electron chi connectivity index (χ1n) is 8.47. The molecule has 3 aromatic rings. The molecule has 0 atom stereocenters. The van der Waals surface area contributed by atoms with Gasteiger partial charge in [0.15, 0.2) is 29.0 Å². The van der Waals surface area contributed by atoms with E-state index in [0.717, 1.165) is 17.7 Å². The Labute approximate surface area is 164 Å². The van der Waals surface area contributed by atoms with Crippen molar-refractivity contribution >= 4 is 6.03 Å². The normalized spacial score (nSPS) is 10.5. The number of carbonyl (C=O) groups is 1. The van der Waals surface area contributed by atoms with Crippen LogP contribution in [0.3, 0.4) is 0 Å². The molecule has 1 heterocycles. The van der Waals surface area contributed by atoms with Crippen molar-refractivity contribution in [1.82, 2.24) is 30.8 Å². The molecule has 1 aromatic heterocycles. The van der Waals surface area contributed by atoms with Crippen LogP contribution in [0.2, 0.25) is 0 Å². The molecule has 0 unspecified atom stereocenters. The molecular weight excluding hydrogens is 386 g/mol. The molecule has 29 heavy (non-hydrogen) atoms. The lowest BCUT2D eigenvalue weighted by molar-refractivity contribution is 0.239. The summed E-state index contributed by atoms with van der Waals surface area (Å²) in [6, 6.07) is 8.10. The maximum absolute atomic E-state index is 13.4. The SMILES string of the molecule is COc1ccc(CNC(=O)NCc2nnnn2-c2ccc(F)c(F)c2)cc1OC. The fourth-order valence-corrected chi connectivity index (χ4v) is 2.53. The number of hydrogen-bond acceptors (Lipinski definition) is 6. The molecule has 0 radical (unpaired) electrons. The number of halogens is 2. The van der Waals surface area contributed by atoms with Gasteiger partial charge in [0.05, 0.1) is 26.5 Å². The van der Waals surface area contributed by atoms with Crippen molar-refractivity contribution in [3.05, 3.63) is 59.4 Å². The number of amides is 2. The Kier molecular flexibility index (Phi) is 6.17. The van der Waals surface area contributed by atoms with E-state index in [0.29, 0.717) is 11.5 Å². The smallest absolute Gasteiger partial charge is 0.315 e. The van der Waals surface area contributed by atoms with Crippen LogP contribution in [0, 0.1) is 11.6 Å². The number of urea groups is 1. The van der Waals surface area contributed by atoms with Crippen LogP contribution in [-0.2, 0) is 13.1 Å². The zero-order valence-electron chi connectivity index (χ0n) is 15.6. The number of aromatic nitrogens is 4. The quantitative estimate of drug-likeness (QED) is 0.624. The van der Waals surface area contributed by atoms with Gasteiger partial charge in [0, 0.05) is 12.6 Å². The highest BCUT2D eigenvalue weighted by atomic mass is 19.2. The topological polar surface area (TPSA) is 103 Å². The minimum Gasteiger partial charge on any atom is -0.493 e. The minimum absolute atomic E-state index is 0.0240. The number of ether oxygens (including phenoxy) is 2. The number of methoxy groups -OCH3 is 2. The van der Waals surface area contributed by atoms with Gasteiger partial charge in [-0.15, -0.1) is 5.10 Å². The van der Waals surface area contributed by atoms with Crippen LogP contribution in [0.1, 0.15) is 11.4 Å². The number of nitrogens with zero attached hydrogens (tertiary/aromatic N) is 4. The highest BCUT2D eigenvalue weighted by Crippen LogP contribution is 2.27. The van der Waals surface area contributed by atoms with E-state index in [4.69, 9.17) is 9.47 Å². The summed E-state index contributed by atoms with van der Waals surface area (Å²) in [7, 11) is 3.07. The van der Waals surface area contributed by atoms with Crippen LogP contribution in [0.4, 0.5) is 13.6 Å². The Hall–Kier alpha value is -3.76. The van der Waals surface area contributed by atoms with Crippen molar-refractivity contribution in [2.75, 3.05) is 14.2 Å². The zero-order chi connectivity index (χ0) is 20.8. The molecule has 0 bridgehead atoms. The van der Waals surface area contributed by atoms with Gasteiger partial charge >= 0.3 is 6.03 Å². The average molecular weight is 404 g/mol. The van der Waals surface area contributed by atoms with E-state index in [9.17, 15) is 13.6 Å². The molecule has 0 aliphatic heterocycles. The Morgan fingerprint density at radius 3 is 2.48 bits per heavy atom. The summed E-state index contributed by atoms with van der Waals surface area (Å²) in [5.74, 6) is -0.611. The first kappa shape index (κ1) is 20.0. The number of hydrogen-bond donors (Lipinski definition) is 2. The van der Waals surface area contributed by atoms with E-state index in [1.54, 1.807) is 18.2 Å². The van der Waals surface area contributed by atoms with E-state index in [1.807, 2.05) is 0 Å². The maximum Gasteiger partial charge on any atom is 0.315 e. The molecule has 0 aliphatic carbocycles. The minimum atomic E-state index is -1.02. The molecule has 0 saturated carbocycles. The number of carbonyl (C=O) groups excluding carboxylic acids is 1. The van der Waals surface area contributed by atoms with Crippen molar-refractivity contribution in [3.63, 3.8) is 0 Å². The highest BCUT2D eigenvalue weighted by molar-refractivity contribution is 5.73. The van der Waals surface area contributed by atoms with Crippen molar-refractivity contribution in [1.29, 1.82) is 0 Å². The third-order valence-corrected chi connectivity index (χ3v) is 3.99. The van der Waals surface area contributed by atoms with Gasteiger partial charge in [0.25, 0.3) is 0 Å². The molecular formula is C18H18F2N6O3. The van der Waals surface area contributed by atoms with E-state index < -0.39 is 17.7 Å². The van der Waals surface area contributed by atoms with Crippen LogP contribution in [0.5, 0.6) is 11.5 Å². The van der Waals surface area contributed by atoms with Crippen LogP contribution >= 0.6 is 0 Å². The second kappa shape index (κ2) is 8.95. The summed E-state index contributed by atoms with van der Waals surface area (Å²) in [6.07, 6.45) is 0. The van der Waals surface area contributed by atoms with Crippen LogP contribution in [0.25, 0.3) is 5.69 Å². The lowest BCUT2D eigenvalue weighted by atomic mass is 10.2. The van der Waals surface area contributed by atoms with Crippen molar-refractivity contribution in [2.24, 2.45) is 0 Å². The molecule has 0 aliphatic rings. The third-order valence-electron chi connectivity index (χ3n) is 3.99. The molecule has 2 amide bonds. The van der Waals surface area contributed by atoms with Gasteiger partial charge in [-0.05, 0) is 40.3 Å². The zero-order valence-corrected chi connectivity index (χ0v) is 15.6. The molecule has 3 rings (SSSR count). The summed E-state index contributed by atoms with van der Waals surface area (Å²) in [6.45, 7) is 0.226. The summed E-state index contributed by atoms with van der Waals surface area (Å²) in [5.41, 5.74) is 1.04. The number of tetrazole rings is 1. The monoisotopic (exact) mass is 404 g/mol. The fraction of sp³-hybridized carbons (Fsp3) is 0.222. The van der Waals surface area contributed by atoms with Gasteiger partial charge in [-0.25, -0.2) is 13.6 Å². The second-order valence-corrected chi connectivity index (χ2v) is 5.83. The molecule has 2 N–H and O–H groups in total. The Bertz CT molecular complexity index is 1010. The fourth-order valence-electron chi connectivity index (χ4n) is 2.53. The maximum atomic E-state index is 13.4. The Morgan fingerprint density at radius 1 is 1.00 bits per heavy atom. The van der Waals surface area contributed by atoms with E-state index in [-0.39, 0.29) is 24.6 Å². The van der Waals surface area contributed by atoms with E-state index in [2.05, 4.69) is 26.2 Å². The Morgan fingerprint density at radius 2 is 1.76 bits per heavy atom. The van der Waals surface area contributed by atoms with Crippen molar-refractivity contribution in [3.8, 4) is 17.2 Å². The lowest BCUT2D eigenvalue weighted by Gasteiger charge is -2.11. The molecule has 2 aromatic carbocycles. The number of benzene rings is 2. The molecule has 11 heteroatoms. The average Bonchev–Trinajstić information content (AvgIpc) is 3.21. The molecule has 152 valence electrons. The summed E-state index contributed by atoms with van der Waals surface area (Å²) < 4.78 is 38.1. The van der Waals surface area contributed by atoms with Crippen LogP contribution in [0.15, 0.2) is 36.4 Å². The van der Waals surface area contributed by atoms with Crippen molar-refractivity contribution in [2.45, 2.75) is 13.1 Å². The first-order valence-corrected chi connectivity index (χ1v) is 8.47. The van der Waals surface area contributed by atoms with Gasteiger partial charge in [-0.1, -0.05) is 6.07 Å². The van der Waals surface area contributed by atoms with Gasteiger partial charge in [0.2, 0.25) is 0 Å². The first-order chi connectivity index (χ1) is 14.0. The molecule has 0 fully saturated rings. The second-order valence-electron chi connectivity index (χ2n) is 5.83. The van der Waals surface area contributed by atoms with Crippen LogP contribution in [-0.4, -0.2) is 40.5 Å². The summed E-state index contributed by atoms with van der Waals surface area (Å²) in [4.78, 5) is 12.1. The molecule has 9 nitrogen and oxygen atoms in total. The lowest BCUT2D eigenvalue weighted by Crippen LogP contribution is -2.35. The van der Waals surface area contributed by atoms with Gasteiger partial charge in [0.1, 0.15) is 0 Å². The predicted molar refractivity (Wildman–Crippen MR) is 97.7 cm³/mol. The van der Waals surface area contributed by atoms with E-state index >= 15 is 0 Å². The van der Waals surface area contributed by atoms with Gasteiger partial charge < -0.3 is 20.1 Å². The molecule has 0 saturated heterocycles. The number of nitrogens with one attached hydrogen (secondary N) is 2. The van der Waals surface area contributed by atoms with Crippen molar-refractivity contribution < 1.29 is 23.0 Å². The largest absolute Gasteiger partial charge is 0.493 e. The summed E-state index contributed by atoms with van der Waals surface area (Å²) >= 11 is 0. The third kappa shape index (κ3) is 4.75. The molecule has 0 spiro atoms. The van der Waals surface area contributed by atoms with E-state index in [1.165, 1.54) is 25.0 Å². The van der Waals surface area contributed by atoms with Gasteiger partial charge in [-0.2, -0.15) is 4.68 Å². The summed E-state index contributed by atoms with van der Waals surface area (Å²) in [5, 5.41) is 16.3. The highest BCUT2D eigenvalue weighted by Gasteiger charge is 2.12. The van der Waals surface area contributed by atoms with Gasteiger partial charge in [-0.3, -0.25) is 0 Å².